The fourth-order valence-corrected chi connectivity index (χ4v) is 3.74. The van der Waals surface area contributed by atoms with Crippen LogP contribution >= 0.6 is 0 Å². The summed E-state index contributed by atoms with van der Waals surface area (Å²) in [6, 6.07) is 19.1. The van der Waals surface area contributed by atoms with E-state index in [0.717, 1.165) is 5.56 Å². The van der Waals surface area contributed by atoms with Crippen molar-refractivity contribution in [1.29, 1.82) is 0 Å². The molecule has 86 valence electrons. The number of fused-ring (bicyclic) bond motifs is 1. The second kappa shape index (κ2) is 4.86. The van der Waals surface area contributed by atoms with Gasteiger partial charge in [-0.2, -0.15) is 0 Å². The van der Waals surface area contributed by atoms with Gasteiger partial charge in [0.15, 0.2) is 0 Å². The number of hydrogen-bond acceptors (Lipinski definition) is 0. The van der Waals surface area contributed by atoms with E-state index in [9.17, 15) is 0 Å². The van der Waals surface area contributed by atoms with Crippen LogP contribution in [0.3, 0.4) is 0 Å². The van der Waals surface area contributed by atoms with Gasteiger partial charge in [0.1, 0.15) is 0 Å². The van der Waals surface area contributed by atoms with Gasteiger partial charge in [0.2, 0.25) is 0 Å². The Morgan fingerprint density at radius 1 is 0.889 bits per heavy atom. The summed E-state index contributed by atoms with van der Waals surface area (Å²) in [5.74, 6) is 6.55. The normalized spacial score (nSPS) is 10.1. The molecule has 3 aromatic rings. The zero-order chi connectivity index (χ0) is 12.4. The molecule has 1 aromatic heterocycles. The van der Waals surface area contributed by atoms with E-state index in [1.54, 1.807) is 0 Å². The van der Waals surface area contributed by atoms with E-state index >= 15 is 0 Å². The first-order valence-corrected chi connectivity index (χ1v) is 7.60. The summed E-state index contributed by atoms with van der Waals surface area (Å²) in [5.41, 5.74) is 2.37. The molecule has 0 radical (unpaired) electrons. The molecule has 0 saturated carbocycles. The van der Waals surface area contributed by atoms with Crippen molar-refractivity contribution >= 4 is 24.1 Å². The predicted molar refractivity (Wildman–Crippen MR) is 78.0 cm³/mol. The van der Waals surface area contributed by atoms with Crippen LogP contribution in [0.2, 0.25) is 0 Å². The Kier molecular flexibility index (Phi) is 3.07. The summed E-state index contributed by atoms with van der Waals surface area (Å²) >= 11 is 0.383. The quantitative estimate of drug-likeness (QED) is 0.439. The van der Waals surface area contributed by atoms with Gasteiger partial charge >= 0.3 is 113 Å². The first-order valence-electron chi connectivity index (χ1n) is 5.88. The van der Waals surface area contributed by atoms with Crippen LogP contribution in [-0.2, 0) is 0 Å². The van der Waals surface area contributed by atoms with Crippen molar-refractivity contribution in [1.82, 2.24) is 0 Å². The van der Waals surface area contributed by atoms with Crippen LogP contribution in [-0.4, -0.2) is 14.5 Å². The fraction of sp³-hybridized carbons (Fsp3) is 0.0588. The number of rotatable bonds is 0. The SMILES string of the molecule is Cc1ccc(C#Cc2cc3ccccc3[se]2)cc1. The van der Waals surface area contributed by atoms with Crippen LogP contribution in [0.1, 0.15) is 15.6 Å². The number of aryl methyl sites for hydroxylation is 1. The van der Waals surface area contributed by atoms with Crippen LogP contribution < -0.4 is 0 Å². The maximum absolute atomic E-state index is 3.30. The zero-order valence-corrected chi connectivity index (χ0v) is 11.8. The summed E-state index contributed by atoms with van der Waals surface area (Å²) in [4.78, 5) is 0. The van der Waals surface area contributed by atoms with Gasteiger partial charge in [0.05, 0.1) is 0 Å². The van der Waals surface area contributed by atoms with Crippen molar-refractivity contribution < 1.29 is 0 Å². The van der Waals surface area contributed by atoms with Gasteiger partial charge in [-0.15, -0.1) is 0 Å². The minimum absolute atomic E-state index is 0.383. The minimum atomic E-state index is 0.383. The van der Waals surface area contributed by atoms with E-state index < -0.39 is 0 Å². The van der Waals surface area contributed by atoms with Crippen LogP contribution in [0.25, 0.3) is 9.65 Å². The third-order valence-electron chi connectivity index (χ3n) is 2.81. The number of hydrogen-bond donors (Lipinski definition) is 0. The molecule has 0 saturated heterocycles. The molecule has 0 fully saturated rings. The van der Waals surface area contributed by atoms with Crippen LogP contribution in [0.15, 0.2) is 54.6 Å². The van der Waals surface area contributed by atoms with E-state index in [4.69, 9.17) is 0 Å². The third-order valence-corrected chi connectivity index (χ3v) is 4.97. The topological polar surface area (TPSA) is 0 Å². The van der Waals surface area contributed by atoms with E-state index in [2.05, 4.69) is 73.4 Å². The van der Waals surface area contributed by atoms with Crippen molar-refractivity contribution in [2.24, 2.45) is 0 Å². The summed E-state index contributed by atoms with van der Waals surface area (Å²) in [6.45, 7) is 2.09. The molecule has 0 atom stereocenters. The molecule has 1 heterocycles. The molecule has 0 nitrogen and oxygen atoms in total. The van der Waals surface area contributed by atoms with E-state index in [-0.39, 0.29) is 0 Å². The van der Waals surface area contributed by atoms with E-state index in [0.29, 0.717) is 14.5 Å². The van der Waals surface area contributed by atoms with Gasteiger partial charge < -0.3 is 0 Å². The summed E-state index contributed by atoms with van der Waals surface area (Å²) in [6.07, 6.45) is 0. The van der Waals surface area contributed by atoms with Gasteiger partial charge in [-0.3, -0.25) is 0 Å². The van der Waals surface area contributed by atoms with Crippen molar-refractivity contribution in [3.05, 3.63) is 70.2 Å². The molecule has 0 N–H and O–H groups in total. The van der Waals surface area contributed by atoms with Crippen molar-refractivity contribution in [2.75, 3.05) is 0 Å². The third kappa shape index (κ3) is 2.41. The standard InChI is InChI=1S/C17H12Se/c1-13-6-8-14(9-7-13)10-11-16-12-15-4-2-3-5-17(15)18-16/h2-9,12H,1H3. The molecular formula is C17H12Se. The summed E-state index contributed by atoms with van der Waals surface area (Å²) in [5, 5.41) is 1.34. The Morgan fingerprint density at radius 3 is 2.44 bits per heavy atom. The summed E-state index contributed by atoms with van der Waals surface area (Å²) < 4.78 is 2.71. The Labute approximate surface area is 113 Å². The van der Waals surface area contributed by atoms with Crippen LogP contribution in [0.5, 0.6) is 0 Å². The van der Waals surface area contributed by atoms with E-state index in [1.165, 1.54) is 19.6 Å². The van der Waals surface area contributed by atoms with Gasteiger partial charge in [-0.25, -0.2) is 0 Å². The van der Waals surface area contributed by atoms with Gasteiger partial charge in [0, 0.05) is 0 Å². The molecule has 0 bridgehead atoms. The van der Waals surface area contributed by atoms with Gasteiger partial charge in [0.25, 0.3) is 0 Å². The summed E-state index contributed by atoms with van der Waals surface area (Å²) in [7, 11) is 0. The van der Waals surface area contributed by atoms with Crippen molar-refractivity contribution in [3.8, 4) is 11.8 Å². The van der Waals surface area contributed by atoms with Crippen LogP contribution in [0, 0.1) is 18.8 Å². The molecule has 2 aromatic carbocycles. The predicted octanol–water partition coefficient (Wildman–Crippen LogP) is 3.61. The van der Waals surface area contributed by atoms with Gasteiger partial charge in [-0.05, 0) is 0 Å². The molecule has 0 aliphatic rings. The first kappa shape index (κ1) is 11.4. The molecule has 18 heavy (non-hydrogen) atoms. The molecule has 0 amide bonds. The van der Waals surface area contributed by atoms with E-state index in [1.807, 2.05) is 0 Å². The van der Waals surface area contributed by atoms with Crippen LogP contribution in [0.4, 0.5) is 0 Å². The Balaban J connectivity index is 1.95. The average molecular weight is 295 g/mol. The second-order valence-corrected chi connectivity index (χ2v) is 6.54. The first-order chi connectivity index (χ1) is 8.81. The zero-order valence-electron chi connectivity index (χ0n) is 10.1. The molecule has 3 rings (SSSR count). The average Bonchev–Trinajstić information content (AvgIpc) is 2.81. The fourth-order valence-electron chi connectivity index (χ4n) is 1.81. The Morgan fingerprint density at radius 2 is 1.67 bits per heavy atom. The van der Waals surface area contributed by atoms with Gasteiger partial charge in [-0.1, -0.05) is 0 Å². The molecular weight excluding hydrogens is 283 g/mol. The molecule has 0 aliphatic carbocycles. The monoisotopic (exact) mass is 296 g/mol. The van der Waals surface area contributed by atoms with Crippen molar-refractivity contribution in [3.63, 3.8) is 0 Å². The molecule has 0 unspecified atom stereocenters. The molecule has 0 aliphatic heterocycles. The molecule has 1 heteroatoms. The maximum atomic E-state index is 3.30. The Hall–Kier alpha value is -1.74. The number of benzene rings is 2. The molecule has 0 spiro atoms. The second-order valence-electron chi connectivity index (χ2n) is 4.26. The van der Waals surface area contributed by atoms with Crippen molar-refractivity contribution in [2.45, 2.75) is 6.92 Å². The Bertz CT molecular complexity index is 703.